The molecule has 0 bridgehead atoms. The highest BCUT2D eigenvalue weighted by molar-refractivity contribution is 5.78. The summed E-state index contributed by atoms with van der Waals surface area (Å²) in [5.74, 6) is 2.55. The van der Waals surface area contributed by atoms with Gasteiger partial charge in [-0.25, -0.2) is 0 Å². The van der Waals surface area contributed by atoms with E-state index in [1.54, 1.807) is 6.92 Å². The van der Waals surface area contributed by atoms with Crippen LogP contribution < -0.4 is 11.1 Å². The molecule has 4 rings (SSSR count). The normalized spacial score (nSPS) is 51.6. The minimum atomic E-state index is -0.926. The molecule has 0 radical (unpaired) electrons. The Bertz CT molecular complexity index is 625. The molecule has 5 N–H and O–H groups in total. The van der Waals surface area contributed by atoms with Gasteiger partial charge in [0.25, 0.3) is 0 Å². The predicted octanol–water partition coefficient (Wildman–Crippen LogP) is 2.58. The van der Waals surface area contributed by atoms with E-state index in [0.717, 1.165) is 32.1 Å². The van der Waals surface area contributed by atoms with Crippen LogP contribution in [0.25, 0.3) is 0 Å². The van der Waals surface area contributed by atoms with Crippen molar-refractivity contribution in [1.82, 2.24) is 5.32 Å². The quantitative estimate of drug-likeness (QED) is 0.594. The number of hydrogen-bond donors (Lipinski definition) is 4. The van der Waals surface area contributed by atoms with Crippen LogP contribution in [-0.4, -0.2) is 40.4 Å². The summed E-state index contributed by atoms with van der Waals surface area (Å²) in [5.41, 5.74) is 4.76. The molecule has 0 saturated heterocycles. The number of aliphatic hydroxyl groups is 2. The third kappa shape index (κ3) is 2.79. The molecule has 1 amide bonds. The van der Waals surface area contributed by atoms with Crippen molar-refractivity contribution in [3.05, 3.63) is 0 Å². The first-order valence-corrected chi connectivity index (χ1v) is 11.6. The van der Waals surface area contributed by atoms with Crippen molar-refractivity contribution < 1.29 is 15.0 Å². The summed E-state index contributed by atoms with van der Waals surface area (Å²) in [6.07, 6.45) is 9.11. The van der Waals surface area contributed by atoms with E-state index in [1.807, 2.05) is 0 Å². The molecule has 0 aromatic rings. The lowest BCUT2D eigenvalue weighted by Gasteiger charge is -2.62. The van der Waals surface area contributed by atoms with Gasteiger partial charge in [0.2, 0.25) is 5.91 Å². The van der Waals surface area contributed by atoms with Gasteiger partial charge in [-0.3, -0.25) is 4.79 Å². The molecule has 4 fully saturated rings. The molecule has 4 aliphatic rings. The Hall–Kier alpha value is -0.650. The summed E-state index contributed by atoms with van der Waals surface area (Å²) in [7, 11) is 0. The molecule has 160 valence electrons. The summed E-state index contributed by atoms with van der Waals surface area (Å²) >= 11 is 0. The second kappa shape index (κ2) is 6.95. The zero-order valence-corrected chi connectivity index (χ0v) is 17.9. The number of carbonyl (C=O) groups excluding carboxylic acids is 1. The number of hydrogen-bond acceptors (Lipinski definition) is 4. The summed E-state index contributed by atoms with van der Waals surface area (Å²) < 4.78 is 0. The van der Waals surface area contributed by atoms with E-state index < -0.39 is 11.7 Å². The van der Waals surface area contributed by atoms with Gasteiger partial charge in [-0.1, -0.05) is 13.8 Å². The lowest BCUT2D eigenvalue weighted by molar-refractivity contribution is -0.184. The molecule has 4 aliphatic carbocycles. The fourth-order valence-corrected chi connectivity index (χ4v) is 8.41. The van der Waals surface area contributed by atoms with E-state index in [-0.39, 0.29) is 23.9 Å². The van der Waals surface area contributed by atoms with Crippen LogP contribution in [0.2, 0.25) is 0 Å². The first kappa shape index (κ1) is 20.6. The van der Waals surface area contributed by atoms with Crippen molar-refractivity contribution in [3.63, 3.8) is 0 Å². The van der Waals surface area contributed by atoms with Crippen LogP contribution in [-0.2, 0) is 4.79 Å². The maximum Gasteiger partial charge on any atom is 0.233 e. The highest BCUT2D eigenvalue weighted by Gasteiger charge is 2.65. The van der Waals surface area contributed by atoms with Crippen LogP contribution in [0.5, 0.6) is 0 Å². The second-order valence-corrected chi connectivity index (χ2v) is 11.0. The van der Waals surface area contributed by atoms with E-state index >= 15 is 0 Å². The smallest absolute Gasteiger partial charge is 0.233 e. The summed E-state index contributed by atoms with van der Waals surface area (Å²) in [4.78, 5) is 11.7. The maximum absolute atomic E-state index is 11.7. The zero-order valence-electron chi connectivity index (χ0n) is 17.9. The van der Waals surface area contributed by atoms with Crippen LogP contribution in [0.3, 0.4) is 0 Å². The van der Waals surface area contributed by atoms with Gasteiger partial charge in [0.05, 0.1) is 18.2 Å². The fourth-order valence-electron chi connectivity index (χ4n) is 8.41. The number of nitrogens with one attached hydrogen (secondary N) is 1. The van der Waals surface area contributed by atoms with Gasteiger partial charge in [0, 0.05) is 11.5 Å². The minimum Gasteiger partial charge on any atom is -0.390 e. The molecule has 0 aliphatic heterocycles. The average Bonchev–Trinajstić information content (AvgIpc) is 2.94. The van der Waals surface area contributed by atoms with Gasteiger partial charge in [0.1, 0.15) is 0 Å². The van der Waals surface area contributed by atoms with Gasteiger partial charge >= 0.3 is 0 Å². The molecule has 28 heavy (non-hydrogen) atoms. The van der Waals surface area contributed by atoms with E-state index in [0.29, 0.717) is 29.1 Å². The lowest BCUT2D eigenvalue weighted by atomic mass is 9.44. The van der Waals surface area contributed by atoms with Gasteiger partial charge in [-0.05, 0) is 93.8 Å². The van der Waals surface area contributed by atoms with Crippen LogP contribution in [0, 0.1) is 34.5 Å². The molecule has 9 atom stereocenters. The van der Waals surface area contributed by atoms with E-state index in [1.165, 1.54) is 25.7 Å². The van der Waals surface area contributed by atoms with Crippen LogP contribution in [0.1, 0.15) is 78.6 Å². The Morgan fingerprint density at radius 2 is 1.82 bits per heavy atom. The Kier molecular flexibility index (Phi) is 5.12. The van der Waals surface area contributed by atoms with Crippen molar-refractivity contribution in [3.8, 4) is 0 Å². The molecule has 0 aromatic heterocycles. The molecule has 0 aromatic carbocycles. The number of carbonyl (C=O) groups is 1. The lowest BCUT2D eigenvalue weighted by Crippen LogP contribution is -2.59. The SMILES string of the molecule is C[C@H](O)[C@@]1(O)CCC2C3CC[C@H]4C[C@H](NC(=O)CN)CC[C@]4(C)C3CC[C@@]21C. The number of rotatable bonds is 3. The average molecular weight is 393 g/mol. The third-order valence-corrected chi connectivity index (χ3v) is 10.1. The monoisotopic (exact) mass is 392 g/mol. The van der Waals surface area contributed by atoms with Crippen molar-refractivity contribution in [1.29, 1.82) is 0 Å². The molecular formula is C23H40N2O3. The third-order valence-electron chi connectivity index (χ3n) is 10.1. The molecule has 3 unspecified atom stereocenters. The van der Waals surface area contributed by atoms with Gasteiger partial charge < -0.3 is 21.3 Å². The minimum absolute atomic E-state index is 0.0286. The molecule has 4 saturated carbocycles. The standard InChI is InChI=1S/C23H40N2O3/c1-14(26)23(28)11-8-19-17-5-4-15-12-16(25-20(27)13-24)6-9-21(15,2)18(17)7-10-22(19,23)3/h14-19,26,28H,4-13,24H2,1-3H3,(H,25,27)/t14-,15-,16+,17?,18?,19?,21-,22-,23-/m0/s1. The Morgan fingerprint density at radius 1 is 1.11 bits per heavy atom. The number of aliphatic hydroxyl groups excluding tert-OH is 1. The second-order valence-electron chi connectivity index (χ2n) is 11.0. The highest BCUT2D eigenvalue weighted by atomic mass is 16.3. The number of nitrogens with two attached hydrogens (primary N) is 1. The van der Waals surface area contributed by atoms with E-state index in [2.05, 4.69) is 19.2 Å². The largest absolute Gasteiger partial charge is 0.390 e. The van der Waals surface area contributed by atoms with Crippen molar-refractivity contribution in [2.24, 2.45) is 40.2 Å². The predicted molar refractivity (Wildman–Crippen MR) is 109 cm³/mol. The highest BCUT2D eigenvalue weighted by Crippen LogP contribution is 2.68. The van der Waals surface area contributed by atoms with E-state index in [4.69, 9.17) is 5.73 Å². The van der Waals surface area contributed by atoms with Crippen molar-refractivity contribution in [2.45, 2.75) is 96.3 Å². The van der Waals surface area contributed by atoms with Crippen molar-refractivity contribution >= 4 is 5.91 Å². The van der Waals surface area contributed by atoms with Gasteiger partial charge in [-0.2, -0.15) is 0 Å². The Balaban J connectivity index is 1.53. The zero-order chi connectivity index (χ0) is 20.3. The molecule has 5 nitrogen and oxygen atoms in total. The van der Waals surface area contributed by atoms with Crippen LogP contribution >= 0.6 is 0 Å². The Morgan fingerprint density at radius 3 is 2.50 bits per heavy atom. The number of amides is 1. The van der Waals surface area contributed by atoms with Gasteiger partial charge in [0.15, 0.2) is 0 Å². The van der Waals surface area contributed by atoms with E-state index in [9.17, 15) is 15.0 Å². The first-order chi connectivity index (χ1) is 13.2. The number of fused-ring (bicyclic) bond motifs is 5. The van der Waals surface area contributed by atoms with Crippen molar-refractivity contribution in [2.75, 3.05) is 6.54 Å². The fraction of sp³-hybridized carbons (Fsp3) is 0.957. The maximum atomic E-state index is 11.7. The molecule has 0 heterocycles. The summed E-state index contributed by atoms with van der Waals surface area (Å²) in [6.45, 7) is 6.61. The summed E-state index contributed by atoms with van der Waals surface area (Å²) in [5, 5.41) is 24.9. The molecular weight excluding hydrogens is 352 g/mol. The van der Waals surface area contributed by atoms with Crippen LogP contribution in [0.4, 0.5) is 0 Å². The Labute approximate surface area is 169 Å². The molecule has 5 heteroatoms. The topological polar surface area (TPSA) is 95.6 Å². The van der Waals surface area contributed by atoms with Gasteiger partial charge in [-0.15, -0.1) is 0 Å². The first-order valence-electron chi connectivity index (χ1n) is 11.6. The molecule has 0 spiro atoms. The summed E-state index contributed by atoms with van der Waals surface area (Å²) in [6, 6.07) is 0.284. The van der Waals surface area contributed by atoms with Crippen LogP contribution in [0.15, 0.2) is 0 Å².